The zero-order valence-electron chi connectivity index (χ0n) is 14.8. The Hall–Kier alpha value is -0.120. The molecular formula is C17H41NO2. The number of rotatable bonds is 12. The molecule has 0 aliphatic rings. The van der Waals surface area contributed by atoms with Crippen LogP contribution < -0.4 is 0 Å². The Morgan fingerprint density at radius 2 is 0.750 bits per heavy atom. The second kappa shape index (κ2) is 18.9. The minimum Gasteiger partial charge on any atom is -0.870 e. The summed E-state index contributed by atoms with van der Waals surface area (Å²) < 4.78 is 1.42. The summed E-state index contributed by atoms with van der Waals surface area (Å²) in [6, 6.07) is 0. The molecular weight excluding hydrogens is 250 g/mol. The van der Waals surface area contributed by atoms with E-state index in [4.69, 9.17) is 5.11 Å². The lowest BCUT2D eigenvalue weighted by Crippen LogP contribution is -2.50. The van der Waals surface area contributed by atoms with Gasteiger partial charge in [0.15, 0.2) is 0 Å². The first-order chi connectivity index (χ1) is 9.24. The normalized spacial score (nSPS) is 10.5. The van der Waals surface area contributed by atoms with E-state index >= 15 is 0 Å². The zero-order valence-corrected chi connectivity index (χ0v) is 14.8. The van der Waals surface area contributed by atoms with Crippen molar-refractivity contribution in [2.45, 2.75) is 79.1 Å². The van der Waals surface area contributed by atoms with Gasteiger partial charge in [-0.1, -0.05) is 53.4 Å². The smallest absolute Gasteiger partial charge is 0.0786 e. The molecule has 0 fully saturated rings. The van der Waals surface area contributed by atoms with Crippen molar-refractivity contribution in [2.75, 3.05) is 33.3 Å². The van der Waals surface area contributed by atoms with Crippen LogP contribution in [0, 0.1) is 0 Å². The van der Waals surface area contributed by atoms with Crippen molar-refractivity contribution in [2.24, 2.45) is 0 Å². The molecule has 0 unspecified atom stereocenters. The highest BCUT2D eigenvalue weighted by Gasteiger charge is 2.24. The van der Waals surface area contributed by atoms with Crippen LogP contribution >= 0.6 is 0 Å². The SMILES string of the molecule is CCCC[N+](CCCC)(CCCC)CCCC.CO.[OH-]. The van der Waals surface area contributed by atoms with Crippen LogP contribution in [0.15, 0.2) is 0 Å². The average molecular weight is 292 g/mol. The fourth-order valence-electron chi connectivity index (χ4n) is 2.64. The molecule has 0 aliphatic heterocycles. The minimum absolute atomic E-state index is 0. The number of quaternary nitrogens is 1. The molecule has 0 rings (SSSR count). The third-order valence-electron chi connectivity index (χ3n) is 3.94. The van der Waals surface area contributed by atoms with Crippen molar-refractivity contribution in [3.8, 4) is 0 Å². The molecule has 0 bridgehead atoms. The van der Waals surface area contributed by atoms with Gasteiger partial charge >= 0.3 is 0 Å². The molecule has 0 saturated carbocycles. The van der Waals surface area contributed by atoms with Gasteiger partial charge in [-0.25, -0.2) is 0 Å². The van der Waals surface area contributed by atoms with Crippen LogP contribution in [0.3, 0.4) is 0 Å². The molecule has 0 aliphatic carbocycles. The number of aliphatic hydroxyl groups is 1. The van der Waals surface area contributed by atoms with Gasteiger partial charge in [-0.3, -0.25) is 0 Å². The maximum atomic E-state index is 7.00. The predicted molar refractivity (Wildman–Crippen MR) is 89.4 cm³/mol. The van der Waals surface area contributed by atoms with Gasteiger partial charge in [0, 0.05) is 7.11 Å². The van der Waals surface area contributed by atoms with Crippen molar-refractivity contribution >= 4 is 0 Å². The predicted octanol–water partition coefficient (Wildman–Crippen LogP) is 4.44. The number of hydrogen-bond acceptors (Lipinski definition) is 2. The molecule has 0 aromatic carbocycles. The molecule has 0 spiro atoms. The lowest BCUT2D eigenvalue weighted by molar-refractivity contribution is -0.929. The Morgan fingerprint density at radius 1 is 0.550 bits per heavy atom. The number of unbranched alkanes of at least 4 members (excludes halogenated alkanes) is 4. The van der Waals surface area contributed by atoms with Gasteiger partial charge in [0.05, 0.1) is 26.2 Å². The summed E-state index contributed by atoms with van der Waals surface area (Å²) in [4.78, 5) is 0. The van der Waals surface area contributed by atoms with Gasteiger partial charge in [-0.2, -0.15) is 0 Å². The van der Waals surface area contributed by atoms with Gasteiger partial charge in [0.2, 0.25) is 0 Å². The van der Waals surface area contributed by atoms with E-state index in [0.29, 0.717) is 0 Å². The van der Waals surface area contributed by atoms with Crippen molar-refractivity contribution in [3.05, 3.63) is 0 Å². The number of hydrogen-bond donors (Lipinski definition) is 1. The fourth-order valence-corrected chi connectivity index (χ4v) is 2.64. The summed E-state index contributed by atoms with van der Waals surface area (Å²) in [5.74, 6) is 0. The van der Waals surface area contributed by atoms with E-state index in [0.717, 1.165) is 7.11 Å². The molecule has 0 aromatic heterocycles. The number of aliphatic hydroxyl groups excluding tert-OH is 1. The average Bonchev–Trinajstić information content (AvgIpc) is 2.48. The first-order valence-corrected chi connectivity index (χ1v) is 8.54. The van der Waals surface area contributed by atoms with Crippen molar-refractivity contribution in [1.29, 1.82) is 0 Å². The van der Waals surface area contributed by atoms with E-state index in [1.54, 1.807) is 0 Å². The van der Waals surface area contributed by atoms with Crippen LogP contribution in [-0.4, -0.2) is 48.4 Å². The van der Waals surface area contributed by atoms with Crippen LogP contribution in [0.2, 0.25) is 0 Å². The standard InChI is InChI=1S/C16H36N.CH4O.H2O/c1-5-9-13-17(14-10-6-2,15-11-7-3)16-12-8-4;1-2;/h5-16H2,1-4H3;2H,1H3;1H2/q+1;;/p-1. The topological polar surface area (TPSA) is 50.2 Å². The highest BCUT2D eigenvalue weighted by atomic mass is 16.2. The quantitative estimate of drug-likeness (QED) is 0.541. The van der Waals surface area contributed by atoms with Gasteiger partial charge in [-0.05, 0) is 25.7 Å². The molecule has 3 heteroatoms. The van der Waals surface area contributed by atoms with E-state index in [1.807, 2.05) is 0 Å². The van der Waals surface area contributed by atoms with Gasteiger partial charge in [-0.15, -0.1) is 0 Å². The van der Waals surface area contributed by atoms with E-state index < -0.39 is 0 Å². The van der Waals surface area contributed by atoms with Crippen molar-refractivity contribution in [3.63, 3.8) is 0 Å². The van der Waals surface area contributed by atoms with Gasteiger partial charge in [0.1, 0.15) is 0 Å². The monoisotopic (exact) mass is 291 g/mol. The molecule has 2 N–H and O–H groups in total. The second-order valence-corrected chi connectivity index (χ2v) is 5.65. The van der Waals surface area contributed by atoms with Crippen molar-refractivity contribution < 1.29 is 15.1 Å². The fraction of sp³-hybridized carbons (Fsp3) is 1.00. The third kappa shape index (κ3) is 12.9. The highest BCUT2D eigenvalue weighted by molar-refractivity contribution is 4.49. The van der Waals surface area contributed by atoms with Crippen LogP contribution in [0.25, 0.3) is 0 Å². The molecule has 20 heavy (non-hydrogen) atoms. The molecule has 126 valence electrons. The lowest BCUT2D eigenvalue weighted by atomic mass is 10.1. The molecule has 0 heterocycles. The lowest BCUT2D eigenvalue weighted by Gasteiger charge is -2.39. The second-order valence-electron chi connectivity index (χ2n) is 5.65. The first-order valence-electron chi connectivity index (χ1n) is 8.54. The van der Waals surface area contributed by atoms with E-state index in [9.17, 15) is 0 Å². The molecule has 0 saturated heterocycles. The highest BCUT2D eigenvalue weighted by Crippen LogP contribution is 2.16. The van der Waals surface area contributed by atoms with Gasteiger partial charge < -0.3 is 15.1 Å². The first kappa shape index (κ1) is 24.9. The van der Waals surface area contributed by atoms with E-state index in [-0.39, 0.29) is 5.48 Å². The zero-order chi connectivity index (χ0) is 15.0. The Labute approximate surface area is 128 Å². The summed E-state index contributed by atoms with van der Waals surface area (Å²) in [6.45, 7) is 15.0. The van der Waals surface area contributed by atoms with Crippen LogP contribution in [0.5, 0.6) is 0 Å². The molecule has 3 nitrogen and oxygen atoms in total. The van der Waals surface area contributed by atoms with E-state index in [2.05, 4.69) is 27.7 Å². The largest absolute Gasteiger partial charge is 0.870 e. The summed E-state index contributed by atoms with van der Waals surface area (Å²) in [5, 5.41) is 7.00. The molecule has 0 radical (unpaired) electrons. The Morgan fingerprint density at radius 3 is 0.900 bits per heavy atom. The number of nitrogens with zero attached hydrogens (tertiary/aromatic N) is 1. The summed E-state index contributed by atoms with van der Waals surface area (Å²) in [7, 11) is 1.00. The third-order valence-corrected chi connectivity index (χ3v) is 3.94. The molecule has 0 atom stereocenters. The van der Waals surface area contributed by atoms with Crippen LogP contribution in [0.1, 0.15) is 79.1 Å². The molecule has 0 aromatic rings. The Kier molecular flexibility index (Phi) is 23.5. The molecule has 0 amide bonds. The summed E-state index contributed by atoms with van der Waals surface area (Å²) >= 11 is 0. The minimum atomic E-state index is 0. The maximum absolute atomic E-state index is 7.00. The van der Waals surface area contributed by atoms with Crippen molar-refractivity contribution in [1.82, 2.24) is 0 Å². The van der Waals surface area contributed by atoms with Crippen LogP contribution in [0.4, 0.5) is 0 Å². The van der Waals surface area contributed by atoms with Gasteiger partial charge in [0.25, 0.3) is 0 Å². The maximum Gasteiger partial charge on any atom is 0.0786 e. The summed E-state index contributed by atoms with van der Waals surface area (Å²) in [6.07, 6.45) is 11.1. The Bertz CT molecular complexity index is 126. The Balaban J connectivity index is -0.000000916. The van der Waals surface area contributed by atoms with Crippen LogP contribution in [-0.2, 0) is 0 Å². The summed E-state index contributed by atoms with van der Waals surface area (Å²) in [5.41, 5.74) is 0. The van der Waals surface area contributed by atoms with E-state index in [1.165, 1.54) is 82.0 Å².